The molecule has 0 amide bonds. The molecule has 5 nitrogen and oxygen atoms in total. The zero-order valence-electron chi connectivity index (χ0n) is 13.0. The number of hydrogen-bond donors (Lipinski definition) is 1. The molecule has 0 radical (unpaired) electrons. The van der Waals surface area contributed by atoms with Gasteiger partial charge in [-0.1, -0.05) is 18.2 Å². The third-order valence-corrected chi connectivity index (χ3v) is 6.04. The van der Waals surface area contributed by atoms with Gasteiger partial charge >= 0.3 is 0 Å². The highest BCUT2D eigenvalue weighted by Crippen LogP contribution is 2.33. The summed E-state index contributed by atoms with van der Waals surface area (Å²) in [5.74, 6) is -0.427. The van der Waals surface area contributed by atoms with E-state index in [1.165, 1.54) is 17.4 Å². The topological polar surface area (TPSA) is 87.2 Å². The molecule has 1 aliphatic rings. The average molecular weight is 345 g/mol. The van der Waals surface area contributed by atoms with Gasteiger partial charge in [-0.3, -0.25) is 0 Å². The van der Waals surface area contributed by atoms with Gasteiger partial charge in [-0.2, -0.15) is 9.57 Å². The third-order valence-electron chi connectivity index (χ3n) is 4.13. The van der Waals surface area contributed by atoms with Crippen molar-refractivity contribution in [2.24, 2.45) is 5.73 Å². The molecule has 1 heterocycles. The molecular formula is C17H16FN3O2S. The van der Waals surface area contributed by atoms with Crippen LogP contribution in [0.15, 0.2) is 41.3 Å². The van der Waals surface area contributed by atoms with Crippen molar-refractivity contribution in [3.05, 3.63) is 53.3 Å². The lowest BCUT2D eigenvalue weighted by Crippen LogP contribution is -2.20. The summed E-state index contributed by atoms with van der Waals surface area (Å²) >= 11 is 0. The number of benzene rings is 2. The average Bonchev–Trinajstić information content (AvgIpc) is 2.78. The van der Waals surface area contributed by atoms with Crippen LogP contribution in [0.5, 0.6) is 0 Å². The molecule has 7 heteroatoms. The summed E-state index contributed by atoms with van der Waals surface area (Å²) in [4.78, 5) is 0.297. The van der Waals surface area contributed by atoms with E-state index in [1.54, 1.807) is 30.3 Å². The first kappa shape index (κ1) is 16.6. The molecule has 0 fully saturated rings. The van der Waals surface area contributed by atoms with Crippen molar-refractivity contribution in [1.82, 2.24) is 4.31 Å². The Labute approximate surface area is 140 Å². The third kappa shape index (κ3) is 2.80. The SMILES string of the molecule is CN1Cc2cc(-c3ccc(CC(N)C#N)c(F)c3)ccc2S1(=O)=O. The predicted octanol–water partition coefficient (Wildman–Crippen LogP) is 2.02. The van der Waals surface area contributed by atoms with E-state index in [0.717, 1.165) is 5.56 Å². The standard InChI is InChI=1S/C17H16FN3O2S/c1-21-10-14-6-11(4-5-17(14)24(21,22)23)12-2-3-13(16(18)8-12)7-15(20)9-19/h2-6,8,15H,7,10,20H2,1H3. The molecule has 0 spiro atoms. The maximum absolute atomic E-state index is 14.2. The van der Waals surface area contributed by atoms with E-state index in [-0.39, 0.29) is 6.42 Å². The molecular weight excluding hydrogens is 329 g/mol. The lowest BCUT2D eigenvalue weighted by Gasteiger charge is -2.08. The van der Waals surface area contributed by atoms with E-state index in [0.29, 0.717) is 28.1 Å². The molecule has 124 valence electrons. The summed E-state index contributed by atoms with van der Waals surface area (Å²) in [5.41, 5.74) is 8.01. The summed E-state index contributed by atoms with van der Waals surface area (Å²) in [6.45, 7) is 0.309. The number of nitrogens with two attached hydrogens (primary N) is 1. The van der Waals surface area contributed by atoms with Crippen molar-refractivity contribution >= 4 is 10.0 Å². The number of rotatable bonds is 3. The number of nitriles is 1. The van der Waals surface area contributed by atoms with Crippen LogP contribution in [0.3, 0.4) is 0 Å². The Morgan fingerprint density at radius 1 is 1.29 bits per heavy atom. The summed E-state index contributed by atoms with van der Waals surface area (Å²) in [6, 6.07) is 10.9. The van der Waals surface area contributed by atoms with Crippen LogP contribution in [-0.4, -0.2) is 25.8 Å². The van der Waals surface area contributed by atoms with Crippen LogP contribution < -0.4 is 5.73 Å². The van der Waals surface area contributed by atoms with E-state index in [9.17, 15) is 12.8 Å². The van der Waals surface area contributed by atoms with Gasteiger partial charge in [-0.25, -0.2) is 12.8 Å². The van der Waals surface area contributed by atoms with Gasteiger partial charge in [-0.15, -0.1) is 0 Å². The van der Waals surface area contributed by atoms with Crippen molar-refractivity contribution in [2.75, 3.05) is 7.05 Å². The number of fused-ring (bicyclic) bond motifs is 1. The Balaban J connectivity index is 1.96. The van der Waals surface area contributed by atoms with Crippen molar-refractivity contribution in [3.63, 3.8) is 0 Å². The van der Waals surface area contributed by atoms with E-state index in [2.05, 4.69) is 0 Å². The second-order valence-corrected chi connectivity index (χ2v) is 7.84. The number of hydrogen-bond acceptors (Lipinski definition) is 4. The van der Waals surface area contributed by atoms with Gasteiger partial charge in [0.2, 0.25) is 10.0 Å². The van der Waals surface area contributed by atoms with Crippen molar-refractivity contribution in [3.8, 4) is 17.2 Å². The summed E-state index contributed by atoms with van der Waals surface area (Å²) in [6.07, 6.45) is 0.149. The molecule has 0 bridgehead atoms. The first-order chi connectivity index (χ1) is 11.3. The molecule has 24 heavy (non-hydrogen) atoms. The zero-order chi connectivity index (χ0) is 17.5. The Morgan fingerprint density at radius 2 is 1.96 bits per heavy atom. The van der Waals surface area contributed by atoms with Gasteiger partial charge in [0.1, 0.15) is 5.82 Å². The van der Waals surface area contributed by atoms with Crippen LogP contribution in [-0.2, 0) is 23.0 Å². The lowest BCUT2D eigenvalue weighted by molar-refractivity contribution is 0.488. The van der Waals surface area contributed by atoms with E-state index in [4.69, 9.17) is 11.0 Å². The van der Waals surface area contributed by atoms with Gasteiger partial charge in [0.05, 0.1) is 17.0 Å². The highest BCUT2D eigenvalue weighted by molar-refractivity contribution is 7.89. The number of sulfonamides is 1. The fraction of sp³-hybridized carbons (Fsp3) is 0.235. The molecule has 1 unspecified atom stereocenters. The smallest absolute Gasteiger partial charge is 0.243 e. The fourth-order valence-electron chi connectivity index (χ4n) is 2.80. The Morgan fingerprint density at radius 3 is 2.62 bits per heavy atom. The van der Waals surface area contributed by atoms with Crippen LogP contribution in [0.1, 0.15) is 11.1 Å². The molecule has 2 aromatic carbocycles. The van der Waals surface area contributed by atoms with Crippen LogP contribution >= 0.6 is 0 Å². The Hall–Kier alpha value is -2.27. The van der Waals surface area contributed by atoms with Gasteiger partial charge in [0.15, 0.2) is 0 Å². The van der Waals surface area contributed by atoms with Crippen molar-refractivity contribution in [2.45, 2.75) is 23.9 Å². The number of halogens is 1. The zero-order valence-corrected chi connectivity index (χ0v) is 13.8. The van der Waals surface area contributed by atoms with E-state index in [1.807, 2.05) is 6.07 Å². The summed E-state index contributed by atoms with van der Waals surface area (Å²) < 4.78 is 39.7. The van der Waals surface area contributed by atoms with Crippen LogP contribution in [0, 0.1) is 17.1 Å². The minimum atomic E-state index is -3.40. The quantitative estimate of drug-likeness (QED) is 0.922. The van der Waals surface area contributed by atoms with Crippen molar-refractivity contribution in [1.29, 1.82) is 5.26 Å². The first-order valence-corrected chi connectivity index (χ1v) is 8.80. The predicted molar refractivity (Wildman–Crippen MR) is 87.8 cm³/mol. The largest absolute Gasteiger partial charge is 0.316 e. The van der Waals surface area contributed by atoms with Crippen molar-refractivity contribution < 1.29 is 12.8 Å². The van der Waals surface area contributed by atoms with Gasteiger partial charge in [0, 0.05) is 20.0 Å². The van der Waals surface area contributed by atoms with Crippen LogP contribution in [0.2, 0.25) is 0 Å². The molecule has 0 saturated carbocycles. The highest BCUT2D eigenvalue weighted by Gasteiger charge is 2.31. The lowest BCUT2D eigenvalue weighted by atomic mass is 9.99. The minimum absolute atomic E-state index is 0.149. The number of nitrogens with zero attached hydrogens (tertiary/aromatic N) is 2. The summed E-state index contributed by atoms with van der Waals surface area (Å²) in [5, 5.41) is 8.72. The summed E-state index contributed by atoms with van der Waals surface area (Å²) in [7, 11) is -1.87. The second-order valence-electron chi connectivity index (χ2n) is 5.83. The van der Waals surface area contributed by atoms with Crippen LogP contribution in [0.25, 0.3) is 11.1 Å². The van der Waals surface area contributed by atoms with E-state index >= 15 is 0 Å². The normalized spacial score (nSPS) is 17.2. The van der Waals surface area contributed by atoms with E-state index < -0.39 is 21.9 Å². The highest BCUT2D eigenvalue weighted by atomic mass is 32.2. The second kappa shape index (κ2) is 5.98. The Bertz CT molecular complexity index is 951. The maximum atomic E-state index is 14.2. The maximum Gasteiger partial charge on any atom is 0.243 e. The molecule has 2 N–H and O–H groups in total. The molecule has 1 aliphatic heterocycles. The van der Waals surface area contributed by atoms with Gasteiger partial charge in [-0.05, 0) is 40.5 Å². The molecule has 0 aliphatic carbocycles. The Kier molecular flexibility index (Phi) is 4.13. The fourth-order valence-corrected chi connectivity index (χ4v) is 4.14. The monoisotopic (exact) mass is 345 g/mol. The molecule has 1 atom stereocenters. The molecule has 0 saturated heterocycles. The van der Waals surface area contributed by atoms with Gasteiger partial charge in [0.25, 0.3) is 0 Å². The first-order valence-electron chi connectivity index (χ1n) is 7.36. The van der Waals surface area contributed by atoms with Crippen LogP contribution in [0.4, 0.5) is 4.39 Å². The molecule has 2 aromatic rings. The van der Waals surface area contributed by atoms with Gasteiger partial charge < -0.3 is 5.73 Å². The molecule has 0 aromatic heterocycles. The minimum Gasteiger partial charge on any atom is -0.316 e. The molecule has 3 rings (SSSR count).